The van der Waals surface area contributed by atoms with Crippen LogP contribution < -0.4 is 9.64 Å². The van der Waals surface area contributed by atoms with Crippen molar-refractivity contribution in [3.8, 4) is 17.1 Å². The van der Waals surface area contributed by atoms with Crippen LogP contribution in [0.1, 0.15) is 23.1 Å². The van der Waals surface area contributed by atoms with Gasteiger partial charge in [0.25, 0.3) is 0 Å². The van der Waals surface area contributed by atoms with E-state index >= 15 is 0 Å². The zero-order valence-corrected chi connectivity index (χ0v) is 19.6. The Balaban J connectivity index is 1.50. The Morgan fingerprint density at radius 1 is 1.23 bits per heavy atom. The van der Waals surface area contributed by atoms with Crippen LogP contribution in [0.2, 0.25) is 0 Å². The fourth-order valence-electron chi connectivity index (χ4n) is 4.71. The number of ether oxygens (including phenoxy) is 3. The number of nitrogens with zero attached hydrogens (tertiary/aromatic N) is 8. The fourth-order valence-corrected chi connectivity index (χ4v) is 4.71. The van der Waals surface area contributed by atoms with Crippen LogP contribution in [0.4, 0.5) is 5.82 Å². The van der Waals surface area contributed by atoms with Crippen LogP contribution in [0.25, 0.3) is 22.4 Å². The number of methoxy groups -OCH3 is 1. The van der Waals surface area contributed by atoms with Crippen LogP contribution in [0, 0.1) is 0 Å². The molecule has 0 radical (unpaired) electrons. The summed E-state index contributed by atoms with van der Waals surface area (Å²) in [6.45, 7) is 4.01. The van der Waals surface area contributed by atoms with Gasteiger partial charge in [0, 0.05) is 30.4 Å². The fraction of sp³-hybridized carbons (Fsp3) is 0.391. The molecule has 0 aromatic carbocycles. The van der Waals surface area contributed by atoms with Gasteiger partial charge in [0.1, 0.15) is 17.9 Å². The minimum Gasteiger partial charge on any atom is -0.486 e. The van der Waals surface area contributed by atoms with Crippen LogP contribution in [0.5, 0.6) is 5.75 Å². The lowest BCUT2D eigenvalue weighted by molar-refractivity contribution is 0.0483. The molecular weight excluding hydrogens is 452 g/mol. The first-order valence-corrected chi connectivity index (χ1v) is 11.3. The van der Waals surface area contributed by atoms with Crippen LogP contribution in [0.15, 0.2) is 30.7 Å². The molecule has 0 bridgehead atoms. The molecule has 6 rings (SSSR count). The van der Waals surface area contributed by atoms with E-state index in [-0.39, 0.29) is 24.3 Å². The Morgan fingerprint density at radius 3 is 2.97 bits per heavy atom. The first-order chi connectivity index (χ1) is 17.0. The molecule has 4 aromatic heterocycles. The lowest BCUT2D eigenvalue weighted by Gasteiger charge is -2.44. The Kier molecular flexibility index (Phi) is 5.10. The minimum atomic E-state index is -0.550. The summed E-state index contributed by atoms with van der Waals surface area (Å²) in [5, 5.41) is 8.95. The van der Waals surface area contributed by atoms with Gasteiger partial charge in [-0.2, -0.15) is 0 Å². The van der Waals surface area contributed by atoms with Gasteiger partial charge in [-0.15, -0.1) is 5.10 Å². The summed E-state index contributed by atoms with van der Waals surface area (Å²) in [4.78, 5) is 28.5. The molecule has 0 spiro atoms. The third-order valence-electron chi connectivity index (χ3n) is 6.37. The third-order valence-corrected chi connectivity index (χ3v) is 6.37. The quantitative estimate of drug-likeness (QED) is 0.400. The third kappa shape index (κ3) is 3.57. The van der Waals surface area contributed by atoms with Gasteiger partial charge in [-0.3, -0.25) is 0 Å². The molecule has 0 N–H and O–H groups in total. The van der Waals surface area contributed by atoms with Crippen LogP contribution >= 0.6 is 0 Å². The van der Waals surface area contributed by atoms with E-state index in [1.54, 1.807) is 10.9 Å². The molecule has 0 unspecified atom stereocenters. The van der Waals surface area contributed by atoms with E-state index in [2.05, 4.69) is 27.1 Å². The SMILES string of the molecule is COC(=O)c1cn(Cc2nc(-c3ccnc4c3ccn4C)nc3c2OC[C@@H]2COC[C@@H](C)N32)nn1. The van der Waals surface area contributed by atoms with Crippen LogP contribution in [0.3, 0.4) is 0 Å². The second kappa shape index (κ2) is 8.31. The van der Waals surface area contributed by atoms with Gasteiger partial charge in [-0.1, -0.05) is 5.21 Å². The average molecular weight is 476 g/mol. The standard InChI is InChI=1S/C23H24N8O4/c1-13-10-34-11-14-12-35-19-17(8-30-9-18(27-28-30)23(32)33-3)25-20(26-22(19)31(13)14)15-4-6-24-21-16(15)5-7-29(21)2/h4-7,9,13-14H,8,10-12H2,1-3H3/t13-,14+/m1/s1. The highest BCUT2D eigenvalue weighted by Crippen LogP contribution is 2.40. The molecule has 0 amide bonds. The Morgan fingerprint density at radius 2 is 2.11 bits per heavy atom. The lowest BCUT2D eigenvalue weighted by atomic mass is 10.1. The first-order valence-electron chi connectivity index (χ1n) is 11.3. The van der Waals surface area contributed by atoms with Gasteiger partial charge < -0.3 is 23.7 Å². The summed E-state index contributed by atoms with van der Waals surface area (Å²) >= 11 is 0. The van der Waals surface area contributed by atoms with E-state index < -0.39 is 5.97 Å². The predicted octanol–water partition coefficient (Wildman–Crippen LogP) is 1.44. The number of aromatic nitrogens is 7. The monoisotopic (exact) mass is 476 g/mol. The van der Waals surface area contributed by atoms with Crippen molar-refractivity contribution in [2.75, 3.05) is 31.8 Å². The summed E-state index contributed by atoms with van der Waals surface area (Å²) in [6, 6.07) is 4.12. The normalized spacial score (nSPS) is 19.2. The average Bonchev–Trinajstić information content (AvgIpc) is 3.50. The number of esters is 1. The van der Waals surface area contributed by atoms with E-state index in [1.165, 1.54) is 13.3 Å². The highest BCUT2D eigenvalue weighted by atomic mass is 16.5. The molecule has 2 atom stereocenters. The van der Waals surface area contributed by atoms with E-state index in [0.717, 1.165) is 22.4 Å². The molecule has 1 saturated heterocycles. The van der Waals surface area contributed by atoms with Crippen LogP contribution in [-0.2, 0) is 23.1 Å². The van der Waals surface area contributed by atoms with Crippen molar-refractivity contribution in [1.29, 1.82) is 0 Å². The van der Waals surface area contributed by atoms with E-state index in [4.69, 9.17) is 24.2 Å². The molecule has 0 aliphatic carbocycles. The summed E-state index contributed by atoms with van der Waals surface area (Å²) < 4.78 is 20.2. The molecular formula is C23H24N8O4. The number of carbonyl (C=O) groups excluding carboxylic acids is 1. The summed E-state index contributed by atoms with van der Waals surface area (Å²) in [5.41, 5.74) is 2.48. The molecule has 2 aliphatic rings. The predicted molar refractivity (Wildman–Crippen MR) is 124 cm³/mol. The smallest absolute Gasteiger partial charge is 0.360 e. The topological polar surface area (TPSA) is 122 Å². The van der Waals surface area contributed by atoms with E-state index in [0.29, 0.717) is 37.1 Å². The highest BCUT2D eigenvalue weighted by molar-refractivity contribution is 5.91. The molecule has 4 aromatic rings. The van der Waals surface area contributed by atoms with Crippen molar-refractivity contribution < 1.29 is 19.0 Å². The number of morpholine rings is 1. The molecule has 1 fully saturated rings. The first kappa shape index (κ1) is 21.5. The van der Waals surface area contributed by atoms with Gasteiger partial charge in [0.05, 0.1) is 45.1 Å². The Bertz CT molecular complexity index is 1430. The van der Waals surface area contributed by atoms with Crippen molar-refractivity contribution in [3.05, 3.63) is 42.1 Å². The maximum atomic E-state index is 11.9. The molecule has 35 heavy (non-hydrogen) atoms. The minimum absolute atomic E-state index is 0.0633. The number of hydrogen-bond acceptors (Lipinski definition) is 10. The van der Waals surface area contributed by atoms with Crippen molar-refractivity contribution in [1.82, 2.24) is 34.5 Å². The molecule has 12 heteroatoms. The summed E-state index contributed by atoms with van der Waals surface area (Å²) in [5.74, 6) is 1.35. The molecule has 12 nitrogen and oxygen atoms in total. The lowest BCUT2D eigenvalue weighted by Crippen LogP contribution is -2.56. The molecule has 6 heterocycles. The van der Waals surface area contributed by atoms with Gasteiger partial charge in [0.2, 0.25) is 0 Å². The zero-order chi connectivity index (χ0) is 24.1. The second-order valence-corrected chi connectivity index (χ2v) is 8.72. The molecule has 0 saturated carbocycles. The second-order valence-electron chi connectivity index (χ2n) is 8.72. The Labute approximate surface area is 200 Å². The summed E-state index contributed by atoms with van der Waals surface area (Å²) in [6.07, 6.45) is 5.26. The van der Waals surface area contributed by atoms with Crippen molar-refractivity contribution >= 4 is 22.8 Å². The molecule has 2 aliphatic heterocycles. The van der Waals surface area contributed by atoms with Crippen molar-refractivity contribution in [3.63, 3.8) is 0 Å². The maximum Gasteiger partial charge on any atom is 0.360 e. The van der Waals surface area contributed by atoms with E-state index in [1.807, 2.05) is 29.9 Å². The number of aryl methyl sites for hydroxylation is 1. The maximum absolute atomic E-state index is 11.9. The number of fused-ring (bicyclic) bond motifs is 4. The number of carbonyl (C=O) groups is 1. The zero-order valence-electron chi connectivity index (χ0n) is 19.6. The van der Waals surface area contributed by atoms with Gasteiger partial charge in [-0.25, -0.2) is 24.4 Å². The number of rotatable bonds is 4. The van der Waals surface area contributed by atoms with Gasteiger partial charge in [0.15, 0.2) is 23.1 Å². The summed E-state index contributed by atoms with van der Waals surface area (Å²) in [7, 11) is 3.26. The van der Waals surface area contributed by atoms with Crippen LogP contribution in [-0.4, -0.2) is 79.5 Å². The molecule has 180 valence electrons. The van der Waals surface area contributed by atoms with Crippen molar-refractivity contribution in [2.45, 2.75) is 25.6 Å². The van der Waals surface area contributed by atoms with Gasteiger partial charge in [-0.05, 0) is 19.1 Å². The number of pyridine rings is 1. The largest absolute Gasteiger partial charge is 0.486 e. The van der Waals surface area contributed by atoms with E-state index in [9.17, 15) is 4.79 Å². The van der Waals surface area contributed by atoms with Gasteiger partial charge >= 0.3 is 5.97 Å². The number of hydrogen-bond donors (Lipinski definition) is 0. The number of anilines is 1. The highest BCUT2D eigenvalue weighted by Gasteiger charge is 2.38. The van der Waals surface area contributed by atoms with Crippen molar-refractivity contribution in [2.24, 2.45) is 7.05 Å². The Hall–Kier alpha value is -4.06.